The Morgan fingerprint density at radius 3 is 2.56 bits per heavy atom. The molecular weight excluding hydrogens is 318 g/mol. The third kappa shape index (κ3) is 3.00. The van der Waals surface area contributed by atoms with Gasteiger partial charge >= 0.3 is 0 Å². The zero-order chi connectivity index (χ0) is 13.1. The number of ketones is 1. The Labute approximate surface area is 117 Å². The van der Waals surface area contributed by atoms with Crippen LogP contribution in [0.5, 0.6) is 0 Å². The van der Waals surface area contributed by atoms with E-state index in [0.717, 1.165) is 21.1 Å². The molecule has 0 atom stereocenters. The molecule has 1 heterocycles. The van der Waals surface area contributed by atoms with Crippen molar-refractivity contribution < 1.29 is 14.4 Å². The number of hydrogen-bond donors (Lipinski definition) is 0. The smallest absolute Gasteiger partial charge is 0.288 e. The molecule has 0 N–H and O–H groups in total. The number of rotatable bonds is 3. The van der Waals surface area contributed by atoms with Crippen LogP contribution in [0.3, 0.4) is 0 Å². The highest BCUT2D eigenvalue weighted by Crippen LogP contribution is 2.19. The van der Waals surface area contributed by atoms with Crippen LogP contribution in [0.2, 0.25) is 0 Å². The highest BCUT2D eigenvalue weighted by Gasteiger charge is 2.28. The van der Waals surface area contributed by atoms with E-state index in [1.165, 1.54) is 0 Å². The predicted molar refractivity (Wildman–Crippen MR) is 72.7 cm³/mol. The average Bonchev–Trinajstić information content (AvgIpc) is 2.34. The van der Waals surface area contributed by atoms with Crippen LogP contribution in [-0.4, -0.2) is 34.1 Å². The van der Waals surface area contributed by atoms with Crippen LogP contribution in [0.1, 0.15) is 16.8 Å². The third-order valence-corrected chi connectivity index (χ3v) is 3.94. The molecule has 0 radical (unpaired) electrons. The molecular formula is C12H10BrNO3S. The molecule has 0 unspecified atom stereocenters. The standard InChI is InChI=1S/C12H10BrNO3S/c13-9-3-1-8(2-4-9)10(15)7-14-11(16)5-6-18-12(14)17/h1-4H,5-7H2. The van der Waals surface area contributed by atoms with Gasteiger partial charge in [0.05, 0.1) is 6.54 Å². The molecule has 1 fully saturated rings. The number of carbonyl (C=O) groups is 3. The van der Waals surface area contributed by atoms with Crippen molar-refractivity contribution in [1.82, 2.24) is 4.90 Å². The van der Waals surface area contributed by atoms with E-state index in [2.05, 4.69) is 15.9 Å². The summed E-state index contributed by atoms with van der Waals surface area (Å²) in [5.41, 5.74) is 0.495. The predicted octanol–water partition coefficient (Wildman–Crippen LogP) is 2.72. The average molecular weight is 328 g/mol. The molecule has 2 rings (SSSR count). The summed E-state index contributed by atoms with van der Waals surface area (Å²) in [5.74, 6) is -0.00315. The summed E-state index contributed by atoms with van der Waals surface area (Å²) in [7, 11) is 0. The first kappa shape index (κ1) is 13.3. The molecule has 2 amide bonds. The Balaban J connectivity index is 2.08. The number of thioether (sulfide) groups is 1. The maximum absolute atomic E-state index is 11.9. The molecule has 18 heavy (non-hydrogen) atoms. The molecule has 0 aromatic heterocycles. The Morgan fingerprint density at radius 2 is 1.94 bits per heavy atom. The summed E-state index contributed by atoms with van der Waals surface area (Å²) in [4.78, 5) is 36.1. The number of carbonyl (C=O) groups excluding carboxylic acids is 3. The quantitative estimate of drug-likeness (QED) is 0.801. The molecule has 1 saturated heterocycles. The minimum atomic E-state index is -0.336. The molecule has 1 aliphatic heterocycles. The van der Waals surface area contributed by atoms with Gasteiger partial charge in [0.25, 0.3) is 5.24 Å². The molecule has 94 valence electrons. The Bertz CT molecular complexity index is 485. The van der Waals surface area contributed by atoms with E-state index in [4.69, 9.17) is 0 Å². The molecule has 1 aliphatic rings. The van der Waals surface area contributed by atoms with E-state index in [9.17, 15) is 14.4 Å². The van der Waals surface area contributed by atoms with Crippen LogP contribution in [0.25, 0.3) is 0 Å². The lowest BCUT2D eigenvalue weighted by molar-refractivity contribution is -0.127. The first-order valence-corrected chi connectivity index (χ1v) is 7.11. The van der Waals surface area contributed by atoms with E-state index >= 15 is 0 Å². The molecule has 0 saturated carbocycles. The number of nitrogens with zero attached hydrogens (tertiary/aromatic N) is 1. The maximum Gasteiger partial charge on any atom is 0.288 e. The third-order valence-electron chi connectivity index (χ3n) is 2.53. The van der Waals surface area contributed by atoms with Crippen molar-refractivity contribution in [3.8, 4) is 0 Å². The zero-order valence-electron chi connectivity index (χ0n) is 9.39. The van der Waals surface area contributed by atoms with Gasteiger partial charge in [-0.05, 0) is 12.1 Å². The van der Waals surface area contributed by atoms with E-state index in [1.807, 2.05) is 0 Å². The lowest BCUT2D eigenvalue weighted by atomic mass is 10.1. The first-order chi connectivity index (χ1) is 8.58. The molecule has 0 spiro atoms. The van der Waals surface area contributed by atoms with Gasteiger partial charge in [-0.1, -0.05) is 39.8 Å². The van der Waals surface area contributed by atoms with Crippen LogP contribution in [0, 0.1) is 0 Å². The fourth-order valence-corrected chi connectivity index (χ4v) is 2.60. The largest absolute Gasteiger partial charge is 0.292 e. The van der Waals surface area contributed by atoms with Gasteiger partial charge in [0.15, 0.2) is 5.78 Å². The molecule has 0 aliphatic carbocycles. The SMILES string of the molecule is O=C(CN1C(=O)CCSC1=O)c1ccc(Br)cc1. The topological polar surface area (TPSA) is 54.5 Å². The van der Waals surface area contributed by atoms with Crippen molar-refractivity contribution in [1.29, 1.82) is 0 Å². The Hall–Kier alpha value is -1.14. The van der Waals surface area contributed by atoms with E-state index < -0.39 is 0 Å². The second kappa shape index (κ2) is 5.67. The summed E-state index contributed by atoms with van der Waals surface area (Å²) in [6.07, 6.45) is 0.310. The van der Waals surface area contributed by atoms with E-state index in [-0.39, 0.29) is 23.5 Å². The second-order valence-corrected chi connectivity index (χ2v) is 5.74. The van der Waals surface area contributed by atoms with Gasteiger partial charge < -0.3 is 0 Å². The number of amides is 2. The summed E-state index contributed by atoms with van der Waals surface area (Å²) in [5, 5.41) is -0.336. The minimum absolute atomic E-state index is 0.174. The van der Waals surface area contributed by atoms with Gasteiger partial charge in [-0.3, -0.25) is 19.3 Å². The van der Waals surface area contributed by atoms with Gasteiger partial charge in [-0.2, -0.15) is 0 Å². The summed E-state index contributed by atoms with van der Waals surface area (Å²) >= 11 is 4.35. The highest BCUT2D eigenvalue weighted by atomic mass is 79.9. The molecule has 1 aromatic carbocycles. The van der Waals surface area contributed by atoms with Crippen LogP contribution in [-0.2, 0) is 4.79 Å². The molecule has 6 heteroatoms. The Morgan fingerprint density at radius 1 is 1.28 bits per heavy atom. The van der Waals surface area contributed by atoms with Gasteiger partial charge in [0.1, 0.15) is 0 Å². The van der Waals surface area contributed by atoms with Gasteiger partial charge in [0.2, 0.25) is 5.91 Å². The lowest BCUT2D eigenvalue weighted by Crippen LogP contribution is -2.41. The van der Waals surface area contributed by atoms with Crippen molar-refractivity contribution in [3.63, 3.8) is 0 Å². The summed E-state index contributed by atoms with van der Waals surface area (Å²) in [6.45, 7) is -0.174. The Kier molecular flexibility index (Phi) is 4.19. The number of halogens is 1. The van der Waals surface area contributed by atoms with Crippen LogP contribution in [0.4, 0.5) is 4.79 Å². The molecule has 1 aromatic rings. The van der Waals surface area contributed by atoms with E-state index in [1.54, 1.807) is 24.3 Å². The van der Waals surface area contributed by atoms with E-state index in [0.29, 0.717) is 17.7 Å². The lowest BCUT2D eigenvalue weighted by Gasteiger charge is -2.23. The fraction of sp³-hybridized carbons (Fsp3) is 0.250. The highest BCUT2D eigenvalue weighted by molar-refractivity contribution is 9.10. The summed E-state index contributed by atoms with van der Waals surface area (Å²) in [6, 6.07) is 6.83. The zero-order valence-corrected chi connectivity index (χ0v) is 11.8. The van der Waals surface area contributed by atoms with Gasteiger partial charge in [-0.15, -0.1) is 0 Å². The van der Waals surface area contributed by atoms with Crippen molar-refractivity contribution in [2.45, 2.75) is 6.42 Å². The van der Waals surface area contributed by atoms with Gasteiger partial charge in [-0.25, -0.2) is 0 Å². The number of imide groups is 1. The number of hydrogen-bond acceptors (Lipinski definition) is 4. The number of benzene rings is 1. The van der Waals surface area contributed by atoms with Crippen molar-refractivity contribution in [3.05, 3.63) is 34.3 Å². The van der Waals surface area contributed by atoms with Crippen molar-refractivity contribution in [2.75, 3.05) is 12.3 Å². The monoisotopic (exact) mass is 327 g/mol. The minimum Gasteiger partial charge on any atom is -0.292 e. The van der Waals surface area contributed by atoms with Crippen LogP contribution in [0.15, 0.2) is 28.7 Å². The summed E-state index contributed by atoms with van der Waals surface area (Å²) < 4.78 is 0.875. The molecule has 0 bridgehead atoms. The molecule has 4 nitrogen and oxygen atoms in total. The first-order valence-electron chi connectivity index (χ1n) is 5.34. The maximum atomic E-state index is 11.9. The second-order valence-electron chi connectivity index (χ2n) is 3.77. The van der Waals surface area contributed by atoms with Crippen molar-refractivity contribution in [2.24, 2.45) is 0 Å². The van der Waals surface area contributed by atoms with Gasteiger partial charge in [0, 0.05) is 22.2 Å². The van der Waals surface area contributed by atoms with Crippen LogP contribution < -0.4 is 0 Å². The normalized spacial score (nSPS) is 15.9. The fourth-order valence-electron chi connectivity index (χ4n) is 1.56. The van der Waals surface area contributed by atoms with Crippen LogP contribution >= 0.6 is 27.7 Å². The van der Waals surface area contributed by atoms with Crippen molar-refractivity contribution >= 4 is 44.6 Å². The number of Topliss-reactive ketones (excluding diaryl/α,β-unsaturated/α-hetero) is 1.